The Morgan fingerprint density at radius 1 is 1.21 bits per heavy atom. The number of benzene rings is 1. The molecule has 3 rings (SSSR count). The number of hydrogen-bond acceptors (Lipinski definition) is 3. The number of Topliss-reactive ketones (excluding diaryl/α,β-unsaturated/α-hetero) is 1. The van der Waals surface area contributed by atoms with E-state index in [0.29, 0.717) is 18.4 Å². The molecular formula is C20H20N2O2. The van der Waals surface area contributed by atoms with E-state index >= 15 is 0 Å². The molecule has 0 aliphatic heterocycles. The average molecular weight is 320 g/mol. The lowest BCUT2D eigenvalue weighted by molar-refractivity contribution is 0.0908. The molecule has 0 radical (unpaired) electrons. The fourth-order valence-corrected chi connectivity index (χ4v) is 3.48. The Balaban J connectivity index is 2.42. The Morgan fingerprint density at radius 3 is 2.58 bits per heavy atom. The van der Waals surface area contributed by atoms with Crippen molar-refractivity contribution >= 4 is 5.78 Å². The Hall–Kier alpha value is -2.67. The van der Waals surface area contributed by atoms with E-state index in [-0.39, 0.29) is 22.3 Å². The van der Waals surface area contributed by atoms with E-state index in [1.165, 1.54) is 6.07 Å². The highest BCUT2D eigenvalue weighted by atomic mass is 16.1. The smallest absolute Gasteiger partial charge is 0.273 e. The van der Waals surface area contributed by atoms with E-state index in [2.05, 4.69) is 0 Å². The minimum Gasteiger partial charge on any atom is -0.294 e. The van der Waals surface area contributed by atoms with Crippen molar-refractivity contribution in [1.29, 1.82) is 5.26 Å². The van der Waals surface area contributed by atoms with Crippen molar-refractivity contribution in [3.8, 4) is 11.8 Å². The summed E-state index contributed by atoms with van der Waals surface area (Å²) in [4.78, 5) is 25.5. The summed E-state index contributed by atoms with van der Waals surface area (Å²) < 4.78 is 1.59. The maximum absolute atomic E-state index is 12.9. The molecular weight excluding hydrogens is 300 g/mol. The monoisotopic (exact) mass is 320 g/mol. The van der Waals surface area contributed by atoms with Gasteiger partial charge in [0.1, 0.15) is 11.6 Å². The fourth-order valence-electron chi connectivity index (χ4n) is 3.48. The minimum absolute atomic E-state index is 0.000444. The van der Waals surface area contributed by atoms with Gasteiger partial charge in [0, 0.05) is 17.7 Å². The predicted octanol–water partition coefficient (Wildman–Crippen LogP) is 3.43. The van der Waals surface area contributed by atoms with Crippen LogP contribution in [0, 0.1) is 16.7 Å². The summed E-state index contributed by atoms with van der Waals surface area (Å²) in [5, 5.41) is 9.33. The number of carbonyl (C=O) groups excluding carboxylic acids is 1. The zero-order valence-electron chi connectivity index (χ0n) is 14.2. The molecule has 0 unspecified atom stereocenters. The summed E-state index contributed by atoms with van der Waals surface area (Å²) in [6.07, 6.45) is 1.83. The second kappa shape index (κ2) is 5.76. The third-order valence-corrected chi connectivity index (χ3v) is 4.62. The molecule has 0 amide bonds. The second-order valence-corrected chi connectivity index (χ2v) is 7.09. The molecule has 2 aromatic rings. The van der Waals surface area contributed by atoms with Gasteiger partial charge in [-0.15, -0.1) is 0 Å². The van der Waals surface area contributed by atoms with Crippen LogP contribution < -0.4 is 5.56 Å². The number of ketones is 1. The Morgan fingerprint density at radius 2 is 1.92 bits per heavy atom. The normalized spacial score (nSPS) is 15.7. The molecule has 1 aromatic carbocycles. The minimum atomic E-state index is -0.345. The molecule has 0 atom stereocenters. The van der Waals surface area contributed by atoms with E-state index in [4.69, 9.17) is 0 Å². The van der Waals surface area contributed by atoms with Crippen molar-refractivity contribution in [1.82, 2.24) is 4.57 Å². The number of carbonyl (C=O) groups is 1. The summed E-state index contributed by atoms with van der Waals surface area (Å²) in [7, 11) is 0. The van der Waals surface area contributed by atoms with Gasteiger partial charge in [-0.25, -0.2) is 0 Å². The molecule has 0 fully saturated rings. The van der Waals surface area contributed by atoms with Crippen LogP contribution in [-0.2, 0) is 12.8 Å². The van der Waals surface area contributed by atoms with Crippen LogP contribution in [0.4, 0.5) is 0 Å². The quantitative estimate of drug-likeness (QED) is 0.851. The van der Waals surface area contributed by atoms with Gasteiger partial charge in [0.05, 0.1) is 5.69 Å². The summed E-state index contributed by atoms with van der Waals surface area (Å²) in [6.45, 7) is 6.10. The standard InChI is InChI=1S/C20H20N2O2/c1-4-13-7-5-6-8-16(13)22-17-10-20(2,3)11-18(23)15(17)9-14(12-21)19(22)24/h5-9H,4,10-11H2,1-3H3. The third-order valence-electron chi connectivity index (χ3n) is 4.62. The SMILES string of the molecule is CCc1ccccc1-n1c2c(cc(C#N)c1=O)C(=O)CC(C)(C)C2. The highest BCUT2D eigenvalue weighted by molar-refractivity contribution is 5.99. The van der Waals surface area contributed by atoms with E-state index in [9.17, 15) is 14.9 Å². The van der Waals surface area contributed by atoms with Gasteiger partial charge in [0.25, 0.3) is 5.56 Å². The molecule has 0 saturated heterocycles. The number of nitrogens with zero attached hydrogens (tertiary/aromatic N) is 2. The fraction of sp³-hybridized carbons (Fsp3) is 0.350. The summed E-state index contributed by atoms with van der Waals surface area (Å²) in [5.74, 6) is 0.000444. The van der Waals surface area contributed by atoms with Gasteiger partial charge >= 0.3 is 0 Å². The van der Waals surface area contributed by atoms with Crippen molar-refractivity contribution in [3.05, 3.63) is 63.1 Å². The van der Waals surface area contributed by atoms with E-state index in [1.807, 2.05) is 51.1 Å². The first kappa shape index (κ1) is 16.2. The van der Waals surface area contributed by atoms with Gasteiger partial charge in [-0.2, -0.15) is 5.26 Å². The van der Waals surface area contributed by atoms with Gasteiger partial charge in [-0.1, -0.05) is 39.0 Å². The summed E-state index contributed by atoms with van der Waals surface area (Å²) in [5.41, 5.74) is 2.50. The number of nitriles is 1. The van der Waals surface area contributed by atoms with E-state index in [0.717, 1.165) is 23.4 Å². The van der Waals surface area contributed by atoms with Crippen molar-refractivity contribution in [3.63, 3.8) is 0 Å². The van der Waals surface area contributed by atoms with E-state index < -0.39 is 0 Å². The number of para-hydroxylation sites is 1. The van der Waals surface area contributed by atoms with Gasteiger partial charge in [0.2, 0.25) is 0 Å². The Labute approximate surface area is 141 Å². The van der Waals surface area contributed by atoms with Crippen molar-refractivity contribution in [2.24, 2.45) is 5.41 Å². The molecule has 1 aromatic heterocycles. The summed E-state index contributed by atoms with van der Waals surface area (Å²) >= 11 is 0. The molecule has 24 heavy (non-hydrogen) atoms. The first-order valence-corrected chi connectivity index (χ1v) is 8.18. The second-order valence-electron chi connectivity index (χ2n) is 7.09. The number of rotatable bonds is 2. The Bertz CT molecular complexity index is 930. The molecule has 122 valence electrons. The number of hydrogen-bond donors (Lipinski definition) is 0. The molecule has 0 spiro atoms. The molecule has 4 heteroatoms. The molecule has 0 saturated carbocycles. The Kier molecular flexibility index (Phi) is 3.88. The molecule has 4 nitrogen and oxygen atoms in total. The largest absolute Gasteiger partial charge is 0.294 e. The number of aryl methyl sites for hydroxylation is 1. The first-order valence-electron chi connectivity index (χ1n) is 8.18. The average Bonchev–Trinajstić information content (AvgIpc) is 2.53. The van der Waals surface area contributed by atoms with Crippen molar-refractivity contribution in [2.45, 2.75) is 40.0 Å². The molecule has 1 aliphatic carbocycles. The number of aromatic nitrogens is 1. The van der Waals surface area contributed by atoms with Crippen LogP contribution >= 0.6 is 0 Å². The van der Waals surface area contributed by atoms with Crippen LogP contribution in [0.15, 0.2) is 35.1 Å². The number of fused-ring (bicyclic) bond motifs is 1. The van der Waals surface area contributed by atoms with Crippen molar-refractivity contribution in [2.75, 3.05) is 0 Å². The van der Waals surface area contributed by atoms with E-state index in [1.54, 1.807) is 4.57 Å². The maximum atomic E-state index is 12.9. The van der Waals surface area contributed by atoms with Crippen LogP contribution in [0.5, 0.6) is 0 Å². The lowest BCUT2D eigenvalue weighted by Gasteiger charge is -2.32. The number of pyridine rings is 1. The first-order chi connectivity index (χ1) is 11.4. The summed E-state index contributed by atoms with van der Waals surface area (Å²) in [6, 6.07) is 11.1. The lowest BCUT2D eigenvalue weighted by atomic mass is 9.75. The van der Waals surface area contributed by atoms with Crippen LogP contribution in [0.3, 0.4) is 0 Å². The lowest BCUT2D eigenvalue weighted by Crippen LogP contribution is -2.35. The highest BCUT2D eigenvalue weighted by Crippen LogP contribution is 2.35. The molecule has 0 N–H and O–H groups in total. The topological polar surface area (TPSA) is 62.9 Å². The molecule has 0 bridgehead atoms. The van der Waals surface area contributed by atoms with Gasteiger partial charge < -0.3 is 0 Å². The zero-order valence-corrected chi connectivity index (χ0v) is 14.2. The van der Waals surface area contributed by atoms with Gasteiger partial charge in [-0.05, 0) is 36.0 Å². The zero-order chi connectivity index (χ0) is 17.5. The third kappa shape index (κ3) is 2.56. The van der Waals surface area contributed by atoms with Crippen LogP contribution in [0.25, 0.3) is 5.69 Å². The maximum Gasteiger partial charge on any atom is 0.273 e. The highest BCUT2D eigenvalue weighted by Gasteiger charge is 2.34. The van der Waals surface area contributed by atoms with Crippen LogP contribution in [0.2, 0.25) is 0 Å². The van der Waals surface area contributed by atoms with Crippen LogP contribution in [0.1, 0.15) is 54.4 Å². The molecule has 1 heterocycles. The van der Waals surface area contributed by atoms with Gasteiger partial charge in [0.15, 0.2) is 5.78 Å². The van der Waals surface area contributed by atoms with Crippen molar-refractivity contribution < 1.29 is 4.79 Å². The molecule has 1 aliphatic rings. The predicted molar refractivity (Wildman–Crippen MR) is 92.6 cm³/mol. The van der Waals surface area contributed by atoms with Crippen LogP contribution in [-0.4, -0.2) is 10.4 Å². The van der Waals surface area contributed by atoms with Gasteiger partial charge in [-0.3, -0.25) is 14.2 Å².